The van der Waals surface area contributed by atoms with Gasteiger partial charge in [0.1, 0.15) is 12.4 Å². The Morgan fingerprint density at radius 2 is 1.70 bits per heavy atom. The van der Waals surface area contributed by atoms with Crippen molar-refractivity contribution in [2.45, 2.75) is 179 Å². The van der Waals surface area contributed by atoms with Gasteiger partial charge in [-0.2, -0.15) is 0 Å². The van der Waals surface area contributed by atoms with Gasteiger partial charge in [0, 0.05) is 43.3 Å². The molecule has 0 saturated carbocycles. The summed E-state index contributed by atoms with van der Waals surface area (Å²) in [4.78, 5) is 11.9. The molecule has 56 heavy (non-hydrogen) atoms. The average Bonchev–Trinajstić information content (AvgIpc) is 3.97. The second-order valence-electron chi connectivity index (χ2n) is 18.6. The normalized spacial score (nSPS) is 47.0. The molecular weight excluding hydrogens is 720 g/mol. The molecule has 6 aliphatic heterocycles. The number of hydrogen-bond donors (Lipinski definition) is 2. The molecule has 0 bridgehead atoms. The van der Waals surface area contributed by atoms with Crippen LogP contribution in [0.15, 0.2) is 24.3 Å². The summed E-state index contributed by atoms with van der Waals surface area (Å²) in [5.41, 5.74) is -0.179. The maximum absolute atomic E-state index is 11.9. The zero-order valence-electron chi connectivity index (χ0n) is 35.2. The summed E-state index contributed by atoms with van der Waals surface area (Å²) >= 11 is 0. The van der Waals surface area contributed by atoms with Crippen LogP contribution in [0.25, 0.3) is 0 Å². The van der Waals surface area contributed by atoms with Crippen LogP contribution in [0.1, 0.15) is 119 Å². The molecule has 12 heteroatoms. The van der Waals surface area contributed by atoms with Gasteiger partial charge in [0.05, 0.1) is 67.0 Å². The van der Waals surface area contributed by atoms with E-state index in [0.29, 0.717) is 19.4 Å². The Balaban J connectivity index is 1.02. The third kappa shape index (κ3) is 7.46. The van der Waals surface area contributed by atoms with E-state index in [2.05, 4.69) is 34.6 Å². The third-order valence-electron chi connectivity index (χ3n) is 14.9. The van der Waals surface area contributed by atoms with Crippen LogP contribution in [0.4, 0.5) is 0 Å². The van der Waals surface area contributed by atoms with E-state index in [1.165, 1.54) is 7.11 Å². The van der Waals surface area contributed by atoms with Crippen LogP contribution in [-0.4, -0.2) is 103 Å². The van der Waals surface area contributed by atoms with Gasteiger partial charge in [0.2, 0.25) is 0 Å². The molecule has 6 heterocycles. The number of rotatable bonds is 11. The van der Waals surface area contributed by atoms with E-state index in [9.17, 15) is 15.0 Å². The molecular formula is C44H68O12. The Morgan fingerprint density at radius 1 is 0.964 bits per heavy atom. The van der Waals surface area contributed by atoms with E-state index >= 15 is 0 Å². The van der Waals surface area contributed by atoms with Crippen molar-refractivity contribution in [3.05, 3.63) is 29.8 Å². The Hall–Kier alpha value is -1.87. The lowest BCUT2D eigenvalue weighted by atomic mass is 9.78. The van der Waals surface area contributed by atoms with Crippen molar-refractivity contribution in [2.75, 3.05) is 20.8 Å². The smallest absolute Gasteiger partial charge is 0.308 e. The highest BCUT2D eigenvalue weighted by molar-refractivity contribution is 5.70. The topological polar surface area (TPSA) is 141 Å². The summed E-state index contributed by atoms with van der Waals surface area (Å²) in [5, 5.41) is 21.1. The van der Waals surface area contributed by atoms with E-state index in [1.807, 2.05) is 38.1 Å². The van der Waals surface area contributed by atoms with Gasteiger partial charge in [-0.15, -0.1) is 0 Å². The highest BCUT2D eigenvalue weighted by Gasteiger charge is 2.63. The number of hydrogen-bond acceptors (Lipinski definition) is 11. The van der Waals surface area contributed by atoms with Crippen molar-refractivity contribution >= 4 is 5.97 Å². The van der Waals surface area contributed by atoms with Crippen molar-refractivity contribution in [2.24, 2.45) is 35.5 Å². The predicted octanol–water partition coefficient (Wildman–Crippen LogP) is 7.04. The van der Waals surface area contributed by atoms with Crippen LogP contribution in [-0.2, 0) is 42.7 Å². The summed E-state index contributed by atoms with van der Waals surface area (Å²) in [6, 6.07) is 7.79. The molecule has 0 amide bonds. The molecule has 1 aromatic rings. The van der Waals surface area contributed by atoms with Crippen molar-refractivity contribution in [3.63, 3.8) is 0 Å². The lowest BCUT2D eigenvalue weighted by Gasteiger charge is -2.49. The fraction of sp³-hybridized carbons (Fsp3) is 0.841. The number of carboxylic acids is 1. The van der Waals surface area contributed by atoms with Gasteiger partial charge < -0.3 is 52.8 Å². The second-order valence-corrected chi connectivity index (χ2v) is 18.6. The lowest BCUT2D eigenvalue weighted by molar-refractivity contribution is -0.336. The van der Waals surface area contributed by atoms with Crippen LogP contribution in [0.5, 0.6) is 5.75 Å². The molecule has 0 unspecified atom stereocenters. The highest BCUT2D eigenvalue weighted by atomic mass is 16.8. The quantitative estimate of drug-likeness (QED) is 0.238. The van der Waals surface area contributed by atoms with E-state index in [1.54, 1.807) is 14.0 Å². The number of carbonyl (C=O) groups is 1. The maximum Gasteiger partial charge on any atom is 0.308 e. The van der Waals surface area contributed by atoms with E-state index in [-0.39, 0.29) is 54.0 Å². The van der Waals surface area contributed by atoms with Crippen LogP contribution >= 0.6 is 0 Å². The van der Waals surface area contributed by atoms with Crippen LogP contribution in [0.3, 0.4) is 0 Å². The zero-order chi connectivity index (χ0) is 40.4. The molecule has 6 fully saturated rings. The van der Waals surface area contributed by atoms with Gasteiger partial charge in [-0.1, -0.05) is 53.7 Å². The fourth-order valence-electron chi connectivity index (χ4n) is 11.4. The van der Waals surface area contributed by atoms with Crippen LogP contribution < -0.4 is 4.74 Å². The SMILES string of the molecule is CC[C@@]1([C@@H]2O[C@H]([C@H]3O[C@@]4(CO[C@@H](c5ccc(OC)cc5)O4)[C@H](C)C[C@@H]3C)C[C@@H]2C)CC[C@H]([C@@]2(C)CC[C@]3(C[C@H](O)[C@@H](C)[C@@H]([C@@H](C)[C@@H](OC)[C@H](C)C(=O)O)O3)O2)O1. The number of carboxylic acid groups (broad SMARTS) is 1. The van der Waals surface area contributed by atoms with Crippen molar-refractivity contribution in [1.29, 1.82) is 0 Å². The number of aliphatic carboxylic acids is 1. The Bertz CT molecular complexity index is 1530. The molecule has 6 saturated heterocycles. The molecule has 7 rings (SSSR count). The molecule has 0 aliphatic carbocycles. The summed E-state index contributed by atoms with van der Waals surface area (Å²) < 4.78 is 59.1. The molecule has 2 spiro atoms. The van der Waals surface area contributed by atoms with Gasteiger partial charge >= 0.3 is 5.97 Å². The van der Waals surface area contributed by atoms with Crippen molar-refractivity contribution in [1.82, 2.24) is 0 Å². The fourth-order valence-corrected chi connectivity index (χ4v) is 11.4. The van der Waals surface area contributed by atoms with Crippen molar-refractivity contribution in [3.8, 4) is 5.75 Å². The standard InChI is InChI=1S/C44H68O12/c1-11-42(17-16-34(52-42)41(8)18-19-43(56-41)22-32(45)27(5)37(53-43)28(6)36(49-10)29(7)39(46)47)38-25(3)21-33(51-38)35-24(2)20-26(4)44(54-35)23-50-40(55-44)30-12-14-31(48-9)15-13-30/h12-15,24-29,32-38,40,45H,11,16-23H2,1-10H3,(H,46,47)/t24-,25-,26+,27+,28-,29-,32-,33-,34+,35-,36+,37-,38+,40+,41+,42-,43+,44+/m0/s1. The number of aliphatic hydroxyl groups is 1. The van der Waals surface area contributed by atoms with E-state index < -0.39 is 59.3 Å². The largest absolute Gasteiger partial charge is 0.497 e. The zero-order valence-corrected chi connectivity index (χ0v) is 35.2. The van der Waals surface area contributed by atoms with Crippen LogP contribution in [0, 0.1) is 35.5 Å². The number of aliphatic hydroxyl groups excluding tert-OH is 1. The van der Waals surface area contributed by atoms with E-state index in [0.717, 1.165) is 49.8 Å². The first-order valence-electron chi connectivity index (χ1n) is 21.3. The van der Waals surface area contributed by atoms with Crippen molar-refractivity contribution < 1.29 is 57.6 Å². The van der Waals surface area contributed by atoms with Gasteiger partial charge in [0.15, 0.2) is 17.9 Å². The maximum atomic E-state index is 11.9. The Labute approximate surface area is 333 Å². The predicted molar refractivity (Wildman–Crippen MR) is 206 cm³/mol. The molecule has 0 aromatic heterocycles. The minimum atomic E-state index is -0.993. The number of benzene rings is 1. The molecule has 1 aromatic carbocycles. The summed E-state index contributed by atoms with van der Waals surface area (Å²) in [6.45, 7) is 17.0. The number of ether oxygens (including phenoxy) is 9. The molecule has 2 N–H and O–H groups in total. The Kier molecular flexibility index (Phi) is 12.0. The third-order valence-corrected chi connectivity index (χ3v) is 14.9. The number of methoxy groups -OCH3 is 2. The van der Waals surface area contributed by atoms with Gasteiger partial charge in [-0.3, -0.25) is 4.79 Å². The van der Waals surface area contributed by atoms with Gasteiger partial charge in [0.25, 0.3) is 0 Å². The Morgan fingerprint density at radius 3 is 2.36 bits per heavy atom. The second kappa shape index (κ2) is 16.0. The summed E-state index contributed by atoms with van der Waals surface area (Å²) in [6.07, 6.45) is 3.22. The highest BCUT2D eigenvalue weighted by Crippen LogP contribution is 2.55. The molecule has 316 valence electrons. The first-order chi connectivity index (χ1) is 26.5. The van der Waals surface area contributed by atoms with Gasteiger partial charge in [-0.05, 0) is 76.3 Å². The minimum absolute atomic E-state index is 0.108. The first-order valence-corrected chi connectivity index (χ1v) is 21.3. The molecule has 18 atom stereocenters. The summed E-state index contributed by atoms with van der Waals surface area (Å²) in [5.74, 6) is -2.54. The van der Waals surface area contributed by atoms with E-state index in [4.69, 9.17) is 42.6 Å². The first kappa shape index (κ1) is 42.3. The molecule has 12 nitrogen and oxygen atoms in total. The minimum Gasteiger partial charge on any atom is -0.497 e. The molecule has 0 radical (unpaired) electrons. The monoisotopic (exact) mass is 788 g/mol. The average molecular weight is 789 g/mol. The summed E-state index contributed by atoms with van der Waals surface area (Å²) in [7, 11) is 3.19. The van der Waals surface area contributed by atoms with Gasteiger partial charge in [-0.25, -0.2) is 0 Å². The molecule has 6 aliphatic rings. The lowest BCUT2D eigenvalue weighted by Crippen LogP contribution is -2.57. The van der Waals surface area contributed by atoms with Crippen LogP contribution in [0.2, 0.25) is 0 Å².